The molecule has 0 aliphatic carbocycles. The molecule has 1 heterocycles. The molecular weight excluding hydrogens is 224 g/mol. The van der Waals surface area contributed by atoms with Crippen molar-refractivity contribution < 1.29 is 0 Å². The monoisotopic (exact) mass is 234 g/mol. The Labute approximate surface area is 98.5 Å². The van der Waals surface area contributed by atoms with E-state index in [1.807, 2.05) is 38.2 Å². The van der Waals surface area contributed by atoms with Crippen molar-refractivity contribution in [2.45, 2.75) is 6.92 Å². The Kier molecular flexibility index (Phi) is 3.01. The summed E-state index contributed by atoms with van der Waals surface area (Å²) in [5, 5.41) is 16.0. The van der Waals surface area contributed by atoms with E-state index < -0.39 is 0 Å². The highest BCUT2D eigenvalue weighted by Crippen LogP contribution is 2.27. The normalized spacial score (nSPS) is 11.2. The van der Waals surface area contributed by atoms with Crippen LogP contribution in [-0.2, 0) is 0 Å². The number of nitrogens with zero attached hydrogens (tertiary/aromatic N) is 4. The van der Waals surface area contributed by atoms with Gasteiger partial charge in [-0.3, -0.25) is 0 Å². The molecule has 2 aromatic rings. The third kappa shape index (κ3) is 1.84. The lowest BCUT2D eigenvalue weighted by molar-refractivity contribution is 0.935. The van der Waals surface area contributed by atoms with Gasteiger partial charge in [-0.25, -0.2) is 5.01 Å². The average Bonchev–Trinajstić information content (AvgIpc) is 2.30. The van der Waals surface area contributed by atoms with Crippen molar-refractivity contribution in [1.29, 1.82) is 0 Å². The van der Waals surface area contributed by atoms with E-state index in [-0.39, 0.29) is 0 Å². The minimum absolute atomic E-state index is 0.410. The van der Waals surface area contributed by atoms with Gasteiger partial charge in [0.05, 0.1) is 0 Å². The highest BCUT2D eigenvalue weighted by Gasteiger charge is 2.09. The molecule has 0 bridgehead atoms. The van der Waals surface area contributed by atoms with Crippen molar-refractivity contribution in [1.82, 2.24) is 10.2 Å². The van der Waals surface area contributed by atoms with E-state index >= 15 is 0 Å². The maximum absolute atomic E-state index is 5.98. The Morgan fingerprint density at radius 3 is 2.62 bits per heavy atom. The highest BCUT2D eigenvalue weighted by molar-refractivity contribution is 6.34. The zero-order chi connectivity index (χ0) is 11.5. The number of hydrogen-bond donors (Lipinski definition) is 0. The molecule has 0 N–H and O–H groups in total. The third-order valence-electron chi connectivity index (χ3n) is 2.22. The highest BCUT2D eigenvalue weighted by atomic mass is 35.5. The number of aromatic nitrogens is 2. The maximum Gasteiger partial charge on any atom is 0.179 e. The lowest BCUT2D eigenvalue weighted by atomic mass is 10.2. The molecule has 0 unspecified atom stereocenters. The Morgan fingerprint density at radius 1 is 1.25 bits per heavy atom. The fourth-order valence-electron chi connectivity index (χ4n) is 1.52. The molecule has 16 heavy (non-hydrogen) atoms. The standard InChI is InChI=1S/C11H11ClN4/c1-3-13-16(2)11-9-7-5-4-6-8(9)10(12)14-15-11/h3-7H,1-2H3/b13-3+. The minimum atomic E-state index is 0.410. The van der Waals surface area contributed by atoms with Gasteiger partial charge in [-0.2, -0.15) is 5.10 Å². The maximum atomic E-state index is 5.98. The quantitative estimate of drug-likeness (QED) is 0.593. The van der Waals surface area contributed by atoms with E-state index in [9.17, 15) is 0 Å². The molecule has 1 aromatic heterocycles. The van der Waals surface area contributed by atoms with Gasteiger partial charge in [-0.1, -0.05) is 35.9 Å². The van der Waals surface area contributed by atoms with E-state index in [1.165, 1.54) is 0 Å². The Bertz CT molecular complexity index is 538. The summed E-state index contributed by atoms with van der Waals surface area (Å²) in [5.41, 5.74) is 0. The molecular formula is C11H11ClN4. The van der Waals surface area contributed by atoms with E-state index in [1.54, 1.807) is 11.2 Å². The number of hydrazone groups is 1. The second kappa shape index (κ2) is 4.45. The molecule has 4 nitrogen and oxygen atoms in total. The summed E-state index contributed by atoms with van der Waals surface area (Å²) in [6, 6.07) is 7.72. The van der Waals surface area contributed by atoms with Gasteiger partial charge in [-0.05, 0) is 6.92 Å². The molecule has 0 aliphatic rings. The van der Waals surface area contributed by atoms with Crippen LogP contribution in [0.3, 0.4) is 0 Å². The lowest BCUT2D eigenvalue weighted by Crippen LogP contribution is -2.11. The van der Waals surface area contributed by atoms with Crippen LogP contribution < -0.4 is 5.01 Å². The largest absolute Gasteiger partial charge is 0.249 e. The minimum Gasteiger partial charge on any atom is -0.249 e. The second-order valence-corrected chi connectivity index (χ2v) is 3.62. The predicted molar refractivity (Wildman–Crippen MR) is 67.1 cm³/mol. The first kappa shape index (κ1) is 10.8. The molecule has 5 heteroatoms. The van der Waals surface area contributed by atoms with Crippen LogP contribution in [0, 0.1) is 0 Å². The molecule has 0 saturated carbocycles. The van der Waals surface area contributed by atoms with Gasteiger partial charge in [0.25, 0.3) is 0 Å². The van der Waals surface area contributed by atoms with Crippen LogP contribution in [0.2, 0.25) is 5.15 Å². The van der Waals surface area contributed by atoms with Crippen LogP contribution in [-0.4, -0.2) is 23.5 Å². The first-order valence-corrected chi connectivity index (χ1v) is 5.25. The van der Waals surface area contributed by atoms with Crippen molar-refractivity contribution in [3.8, 4) is 0 Å². The van der Waals surface area contributed by atoms with E-state index in [0.717, 1.165) is 10.8 Å². The summed E-state index contributed by atoms with van der Waals surface area (Å²) in [5.74, 6) is 0.693. The molecule has 0 amide bonds. The molecule has 0 fully saturated rings. The zero-order valence-electron chi connectivity index (χ0n) is 9.05. The van der Waals surface area contributed by atoms with E-state index in [0.29, 0.717) is 11.0 Å². The van der Waals surface area contributed by atoms with Gasteiger partial charge >= 0.3 is 0 Å². The van der Waals surface area contributed by atoms with Crippen LogP contribution in [0.25, 0.3) is 10.8 Å². The first-order chi connectivity index (χ1) is 7.74. The van der Waals surface area contributed by atoms with Crippen LogP contribution in [0.15, 0.2) is 29.4 Å². The van der Waals surface area contributed by atoms with Crippen molar-refractivity contribution >= 4 is 34.4 Å². The van der Waals surface area contributed by atoms with Crippen molar-refractivity contribution in [2.75, 3.05) is 12.1 Å². The predicted octanol–water partition coefficient (Wildman–Crippen LogP) is 2.73. The fraction of sp³-hybridized carbons (Fsp3) is 0.182. The van der Waals surface area contributed by atoms with Gasteiger partial charge in [0.15, 0.2) is 11.0 Å². The molecule has 2 rings (SSSR count). The first-order valence-electron chi connectivity index (χ1n) is 4.87. The van der Waals surface area contributed by atoms with Crippen molar-refractivity contribution in [2.24, 2.45) is 5.10 Å². The van der Waals surface area contributed by atoms with Crippen molar-refractivity contribution in [3.63, 3.8) is 0 Å². The summed E-state index contributed by atoms with van der Waals surface area (Å²) >= 11 is 5.98. The van der Waals surface area contributed by atoms with Gasteiger partial charge in [0.1, 0.15) is 0 Å². The van der Waals surface area contributed by atoms with Crippen molar-refractivity contribution in [3.05, 3.63) is 29.4 Å². The van der Waals surface area contributed by atoms with Gasteiger partial charge < -0.3 is 0 Å². The summed E-state index contributed by atoms with van der Waals surface area (Å²) in [6.07, 6.45) is 1.70. The SMILES string of the molecule is C/C=N/N(C)c1nnc(Cl)c2ccccc12. The van der Waals surface area contributed by atoms with Crippen LogP contribution in [0.5, 0.6) is 0 Å². The summed E-state index contributed by atoms with van der Waals surface area (Å²) in [4.78, 5) is 0. The average molecular weight is 235 g/mol. The fourth-order valence-corrected chi connectivity index (χ4v) is 1.73. The molecule has 0 saturated heterocycles. The van der Waals surface area contributed by atoms with Gasteiger partial charge in [0.2, 0.25) is 0 Å². The van der Waals surface area contributed by atoms with Gasteiger partial charge in [0, 0.05) is 24.0 Å². The zero-order valence-corrected chi connectivity index (χ0v) is 9.81. The summed E-state index contributed by atoms with van der Waals surface area (Å²) in [7, 11) is 1.82. The third-order valence-corrected chi connectivity index (χ3v) is 2.50. The van der Waals surface area contributed by atoms with E-state index in [2.05, 4.69) is 15.3 Å². The number of fused-ring (bicyclic) bond motifs is 1. The lowest BCUT2D eigenvalue weighted by Gasteiger charge is -2.13. The van der Waals surface area contributed by atoms with Crippen LogP contribution >= 0.6 is 11.6 Å². The molecule has 0 aliphatic heterocycles. The Morgan fingerprint density at radius 2 is 1.94 bits per heavy atom. The van der Waals surface area contributed by atoms with Crippen LogP contribution in [0.4, 0.5) is 5.82 Å². The topological polar surface area (TPSA) is 41.4 Å². The second-order valence-electron chi connectivity index (χ2n) is 3.26. The molecule has 82 valence electrons. The molecule has 0 spiro atoms. The van der Waals surface area contributed by atoms with E-state index in [4.69, 9.17) is 11.6 Å². The molecule has 0 atom stereocenters. The number of halogens is 1. The van der Waals surface area contributed by atoms with Gasteiger partial charge in [-0.15, -0.1) is 10.2 Å². The number of rotatable bonds is 2. The molecule has 0 radical (unpaired) electrons. The van der Waals surface area contributed by atoms with Crippen LogP contribution in [0.1, 0.15) is 6.92 Å². The summed E-state index contributed by atoms with van der Waals surface area (Å²) in [6.45, 7) is 1.85. The smallest absolute Gasteiger partial charge is 0.179 e. The number of hydrogen-bond acceptors (Lipinski definition) is 4. The Balaban J connectivity index is 2.67. The molecule has 1 aromatic carbocycles. The summed E-state index contributed by atoms with van der Waals surface area (Å²) < 4.78 is 0. The Hall–Kier alpha value is -1.68. The number of anilines is 1. The number of benzene rings is 1.